The van der Waals surface area contributed by atoms with Crippen LogP contribution in [-0.4, -0.2) is 50.1 Å². The van der Waals surface area contributed by atoms with Crippen molar-refractivity contribution in [1.82, 2.24) is 9.80 Å². The summed E-state index contributed by atoms with van der Waals surface area (Å²) in [5.74, 6) is 1.79. The van der Waals surface area contributed by atoms with E-state index in [0.717, 1.165) is 59.6 Å². The number of ether oxygens (including phenoxy) is 1. The van der Waals surface area contributed by atoms with E-state index < -0.39 is 0 Å². The summed E-state index contributed by atoms with van der Waals surface area (Å²) in [6.07, 6.45) is 0. The molecular weight excluding hydrogens is 344 g/mol. The van der Waals surface area contributed by atoms with Gasteiger partial charge < -0.3 is 18.5 Å². The fraction of sp³-hybridized carbons (Fsp3) is 0.476. The van der Waals surface area contributed by atoms with Gasteiger partial charge in [-0.25, -0.2) is 4.79 Å². The zero-order chi connectivity index (χ0) is 19.1. The van der Waals surface area contributed by atoms with Crippen LogP contribution in [-0.2, 0) is 6.54 Å². The summed E-state index contributed by atoms with van der Waals surface area (Å²) in [5.41, 5.74) is 1.95. The first kappa shape index (κ1) is 18.1. The number of hydrogen-bond acceptors (Lipinski definition) is 6. The first-order valence-electron chi connectivity index (χ1n) is 9.45. The molecule has 1 aromatic carbocycles. The van der Waals surface area contributed by atoms with E-state index in [4.69, 9.17) is 13.6 Å². The van der Waals surface area contributed by atoms with Crippen molar-refractivity contribution >= 4 is 21.9 Å². The average molecular weight is 370 g/mol. The number of fused-ring (bicyclic) bond motifs is 2. The highest BCUT2D eigenvalue weighted by atomic mass is 16.5. The van der Waals surface area contributed by atoms with Crippen molar-refractivity contribution < 1.29 is 13.6 Å². The predicted octanol–water partition coefficient (Wildman–Crippen LogP) is 3.42. The Hall–Kier alpha value is -2.31. The van der Waals surface area contributed by atoms with Crippen LogP contribution in [0.2, 0.25) is 0 Å². The molecule has 3 aromatic rings. The Labute approximate surface area is 158 Å². The standard InChI is InChI=1S/C21H26N2O4/c1-13(2)18-21(25-4)15-11-14-5-6-17(24)26-19(14)16(20(15)27-18)12-23-9-7-22(3)8-10-23/h5-6,11,13H,7-10,12H2,1-4H3. The van der Waals surface area contributed by atoms with Gasteiger partial charge >= 0.3 is 5.63 Å². The summed E-state index contributed by atoms with van der Waals surface area (Å²) in [5, 5.41) is 1.83. The third-order valence-electron chi connectivity index (χ3n) is 5.34. The lowest BCUT2D eigenvalue weighted by Gasteiger charge is -2.32. The number of benzene rings is 1. The van der Waals surface area contributed by atoms with Crippen LogP contribution < -0.4 is 10.4 Å². The Balaban J connectivity index is 1.93. The minimum atomic E-state index is -0.343. The van der Waals surface area contributed by atoms with E-state index in [1.807, 2.05) is 12.1 Å². The average Bonchev–Trinajstić information content (AvgIpc) is 3.02. The molecule has 2 aromatic heterocycles. The highest BCUT2D eigenvalue weighted by Gasteiger charge is 2.25. The molecule has 0 saturated carbocycles. The van der Waals surface area contributed by atoms with Crippen molar-refractivity contribution in [3.05, 3.63) is 39.9 Å². The van der Waals surface area contributed by atoms with Crippen molar-refractivity contribution in [3.63, 3.8) is 0 Å². The van der Waals surface area contributed by atoms with Gasteiger partial charge in [0.1, 0.15) is 16.9 Å². The summed E-state index contributed by atoms with van der Waals surface area (Å²) in [4.78, 5) is 16.6. The van der Waals surface area contributed by atoms with Crippen molar-refractivity contribution in [3.8, 4) is 5.75 Å². The smallest absolute Gasteiger partial charge is 0.336 e. The number of likely N-dealkylation sites (N-methyl/N-ethyl adjacent to an activating group) is 1. The lowest BCUT2D eigenvalue weighted by atomic mass is 10.0. The Kier molecular flexibility index (Phi) is 4.70. The maximum atomic E-state index is 11.9. The maximum Gasteiger partial charge on any atom is 0.336 e. The van der Waals surface area contributed by atoms with E-state index in [1.54, 1.807) is 7.11 Å². The van der Waals surface area contributed by atoms with Gasteiger partial charge in [-0.05, 0) is 19.2 Å². The zero-order valence-corrected chi connectivity index (χ0v) is 16.4. The number of rotatable bonds is 4. The third-order valence-corrected chi connectivity index (χ3v) is 5.34. The van der Waals surface area contributed by atoms with Crippen LogP contribution >= 0.6 is 0 Å². The van der Waals surface area contributed by atoms with Crippen molar-refractivity contribution in [2.45, 2.75) is 26.3 Å². The highest BCUT2D eigenvalue weighted by Crippen LogP contribution is 2.41. The number of piperazine rings is 1. The maximum absolute atomic E-state index is 11.9. The molecule has 0 amide bonds. The van der Waals surface area contributed by atoms with Crippen molar-refractivity contribution in [2.24, 2.45) is 0 Å². The highest BCUT2D eigenvalue weighted by molar-refractivity contribution is 6.00. The molecular formula is C21H26N2O4. The molecule has 0 spiro atoms. The van der Waals surface area contributed by atoms with Gasteiger partial charge in [-0.1, -0.05) is 13.8 Å². The van der Waals surface area contributed by atoms with Crippen LogP contribution in [0.4, 0.5) is 0 Å². The van der Waals surface area contributed by atoms with Crippen LogP contribution in [0.25, 0.3) is 21.9 Å². The molecule has 6 heteroatoms. The second-order valence-corrected chi connectivity index (χ2v) is 7.64. The van der Waals surface area contributed by atoms with Gasteiger partial charge in [-0.15, -0.1) is 0 Å². The monoisotopic (exact) mass is 370 g/mol. The number of furan rings is 1. The van der Waals surface area contributed by atoms with Gasteiger partial charge in [0.25, 0.3) is 0 Å². The van der Waals surface area contributed by atoms with Gasteiger partial charge in [0.15, 0.2) is 5.75 Å². The quantitative estimate of drug-likeness (QED) is 0.656. The minimum absolute atomic E-state index is 0.193. The van der Waals surface area contributed by atoms with E-state index in [0.29, 0.717) is 12.1 Å². The third kappa shape index (κ3) is 3.24. The first-order valence-corrected chi connectivity index (χ1v) is 9.45. The molecule has 0 aliphatic carbocycles. The van der Waals surface area contributed by atoms with E-state index in [-0.39, 0.29) is 11.5 Å². The lowest BCUT2D eigenvalue weighted by Crippen LogP contribution is -2.43. The van der Waals surface area contributed by atoms with Crippen LogP contribution in [0.5, 0.6) is 5.75 Å². The largest absolute Gasteiger partial charge is 0.492 e. The number of nitrogens with zero attached hydrogens (tertiary/aromatic N) is 2. The van der Waals surface area contributed by atoms with E-state index in [1.165, 1.54) is 6.07 Å². The molecule has 1 fully saturated rings. The molecule has 1 aliphatic rings. The molecule has 0 N–H and O–H groups in total. The summed E-state index contributed by atoms with van der Waals surface area (Å²) >= 11 is 0. The van der Waals surface area contributed by atoms with Crippen LogP contribution in [0.1, 0.15) is 31.1 Å². The molecule has 3 heterocycles. The molecule has 27 heavy (non-hydrogen) atoms. The topological polar surface area (TPSA) is 59.1 Å². The van der Waals surface area contributed by atoms with Gasteiger partial charge in [0, 0.05) is 50.1 Å². The summed E-state index contributed by atoms with van der Waals surface area (Å²) in [6, 6.07) is 5.27. The molecule has 1 saturated heterocycles. The molecule has 0 atom stereocenters. The van der Waals surface area contributed by atoms with E-state index in [2.05, 4.69) is 30.7 Å². The molecule has 1 aliphatic heterocycles. The predicted molar refractivity (Wildman–Crippen MR) is 106 cm³/mol. The fourth-order valence-corrected chi connectivity index (χ4v) is 3.80. The van der Waals surface area contributed by atoms with Crippen molar-refractivity contribution in [1.29, 1.82) is 0 Å². The lowest BCUT2D eigenvalue weighted by molar-refractivity contribution is 0.148. The summed E-state index contributed by atoms with van der Waals surface area (Å²) < 4.78 is 17.6. The molecule has 0 bridgehead atoms. The number of methoxy groups -OCH3 is 1. The first-order chi connectivity index (χ1) is 13.0. The molecule has 0 unspecified atom stereocenters. The van der Waals surface area contributed by atoms with Gasteiger partial charge in [-0.2, -0.15) is 0 Å². The van der Waals surface area contributed by atoms with E-state index >= 15 is 0 Å². The van der Waals surface area contributed by atoms with Crippen LogP contribution in [0, 0.1) is 0 Å². The molecule has 6 nitrogen and oxygen atoms in total. The van der Waals surface area contributed by atoms with Crippen LogP contribution in [0.3, 0.4) is 0 Å². The summed E-state index contributed by atoms with van der Waals surface area (Å²) in [6.45, 7) is 8.84. The Morgan fingerprint density at radius 2 is 1.85 bits per heavy atom. The second kappa shape index (κ2) is 7.02. The Bertz CT molecular complexity index is 1030. The fourth-order valence-electron chi connectivity index (χ4n) is 3.80. The van der Waals surface area contributed by atoms with E-state index in [9.17, 15) is 4.79 Å². The van der Waals surface area contributed by atoms with Crippen molar-refractivity contribution in [2.75, 3.05) is 40.3 Å². The Morgan fingerprint density at radius 1 is 1.11 bits per heavy atom. The number of hydrogen-bond donors (Lipinski definition) is 0. The van der Waals surface area contributed by atoms with Gasteiger partial charge in [-0.3, -0.25) is 4.90 Å². The SMILES string of the molecule is COc1c(C(C)C)oc2c(CN3CCN(C)CC3)c3oc(=O)ccc3cc12. The molecule has 4 rings (SSSR count). The molecule has 0 radical (unpaired) electrons. The minimum Gasteiger partial charge on any atom is -0.492 e. The van der Waals surface area contributed by atoms with Crippen LogP contribution in [0.15, 0.2) is 31.8 Å². The zero-order valence-electron chi connectivity index (χ0n) is 16.4. The summed E-state index contributed by atoms with van der Waals surface area (Å²) in [7, 11) is 3.81. The Morgan fingerprint density at radius 3 is 2.52 bits per heavy atom. The normalized spacial score (nSPS) is 16.6. The molecule has 144 valence electrons. The second-order valence-electron chi connectivity index (χ2n) is 7.64. The van der Waals surface area contributed by atoms with Gasteiger partial charge in [0.05, 0.1) is 18.1 Å². The van der Waals surface area contributed by atoms with Gasteiger partial charge in [0.2, 0.25) is 0 Å².